The number of carbonyl (C=O) groups excluding carboxylic acids is 2. The van der Waals surface area contributed by atoms with E-state index in [1.165, 1.54) is 0 Å². The second kappa shape index (κ2) is 10.6. The Morgan fingerprint density at radius 2 is 1.68 bits per heavy atom. The molecular formula is C27H28BrNO5. The molecule has 1 N–H and O–H groups in total. The number of benzene rings is 2. The van der Waals surface area contributed by atoms with Crippen molar-refractivity contribution in [3.8, 4) is 5.75 Å². The maximum atomic E-state index is 13.6. The number of esters is 1. The van der Waals surface area contributed by atoms with Crippen molar-refractivity contribution in [1.82, 2.24) is 5.32 Å². The maximum absolute atomic E-state index is 13.6. The Morgan fingerprint density at radius 3 is 2.32 bits per heavy atom. The van der Waals surface area contributed by atoms with E-state index in [2.05, 4.69) is 21.2 Å². The molecule has 0 saturated heterocycles. The van der Waals surface area contributed by atoms with Gasteiger partial charge in [-0.2, -0.15) is 0 Å². The molecule has 6 nitrogen and oxygen atoms in total. The van der Waals surface area contributed by atoms with Crippen LogP contribution in [0.5, 0.6) is 5.75 Å². The van der Waals surface area contributed by atoms with Crippen LogP contribution < -0.4 is 10.1 Å². The predicted molar refractivity (Wildman–Crippen MR) is 133 cm³/mol. The van der Waals surface area contributed by atoms with Gasteiger partial charge in [-0.15, -0.1) is 0 Å². The molecule has 0 unspecified atom stereocenters. The monoisotopic (exact) mass is 525 g/mol. The fraction of sp³-hybridized carbons (Fsp3) is 0.333. The summed E-state index contributed by atoms with van der Waals surface area (Å²) in [6.07, 6.45) is 1.06. The zero-order chi connectivity index (χ0) is 24.2. The lowest BCUT2D eigenvalue weighted by Crippen LogP contribution is -2.36. The van der Waals surface area contributed by atoms with Gasteiger partial charge in [0.1, 0.15) is 12.4 Å². The minimum Gasteiger partial charge on any atom is -0.497 e. The molecule has 178 valence electrons. The molecule has 0 saturated carbocycles. The van der Waals surface area contributed by atoms with Crippen LogP contribution in [-0.4, -0.2) is 39.2 Å². The van der Waals surface area contributed by atoms with Crippen LogP contribution in [0.4, 0.5) is 0 Å². The summed E-state index contributed by atoms with van der Waals surface area (Å²) in [5.41, 5.74) is 4.67. The quantitative estimate of drug-likeness (QED) is 0.404. The second-order valence-electron chi connectivity index (χ2n) is 8.47. The number of ketones is 1. The van der Waals surface area contributed by atoms with Gasteiger partial charge in [0, 0.05) is 40.9 Å². The molecule has 2 aromatic rings. The first-order valence-corrected chi connectivity index (χ1v) is 12.0. The summed E-state index contributed by atoms with van der Waals surface area (Å²) in [7, 11) is 3.19. The molecule has 4 rings (SSSR count). The minimum atomic E-state index is -0.483. The Hall–Kier alpha value is -2.90. The first-order valence-electron chi connectivity index (χ1n) is 11.2. The minimum absolute atomic E-state index is 0.0391. The van der Waals surface area contributed by atoms with E-state index in [-0.39, 0.29) is 18.3 Å². The summed E-state index contributed by atoms with van der Waals surface area (Å²) in [5.74, 6) is -0.0435. The van der Waals surface area contributed by atoms with Crippen molar-refractivity contribution in [1.29, 1.82) is 0 Å². The number of rotatable bonds is 7. The van der Waals surface area contributed by atoms with E-state index in [1.807, 2.05) is 55.5 Å². The third-order valence-corrected chi connectivity index (χ3v) is 6.89. The lowest BCUT2D eigenvalue weighted by atomic mass is 9.72. The molecule has 0 amide bonds. The number of methoxy groups -OCH3 is 2. The first kappa shape index (κ1) is 24.2. The van der Waals surface area contributed by atoms with E-state index < -0.39 is 11.9 Å². The highest BCUT2D eigenvalue weighted by Crippen LogP contribution is 2.46. The smallest absolute Gasteiger partial charge is 0.336 e. The fourth-order valence-electron chi connectivity index (χ4n) is 4.71. The topological polar surface area (TPSA) is 73.9 Å². The van der Waals surface area contributed by atoms with E-state index in [0.29, 0.717) is 36.3 Å². The Kier molecular flexibility index (Phi) is 7.54. The van der Waals surface area contributed by atoms with Gasteiger partial charge in [-0.05, 0) is 54.7 Å². The lowest BCUT2D eigenvalue weighted by Gasteiger charge is -2.36. The molecule has 2 aliphatic rings. The average Bonchev–Trinajstić information content (AvgIpc) is 2.83. The number of hydrogen-bond donors (Lipinski definition) is 1. The number of nitrogens with one attached hydrogen (secondary N) is 1. The number of halogens is 1. The van der Waals surface area contributed by atoms with Crippen LogP contribution in [0.25, 0.3) is 0 Å². The molecule has 1 aliphatic carbocycles. The number of allylic oxidation sites excluding steroid dienone is 3. The Labute approximate surface area is 208 Å². The van der Waals surface area contributed by atoms with Crippen molar-refractivity contribution in [2.45, 2.75) is 31.6 Å². The molecule has 34 heavy (non-hydrogen) atoms. The van der Waals surface area contributed by atoms with Crippen LogP contribution in [0.15, 0.2) is 75.5 Å². The summed E-state index contributed by atoms with van der Waals surface area (Å²) in [6, 6.07) is 15.6. The summed E-state index contributed by atoms with van der Waals surface area (Å²) < 4.78 is 16.7. The van der Waals surface area contributed by atoms with Gasteiger partial charge in [-0.3, -0.25) is 4.79 Å². The molecule has 0 aromatic heterocycles. The van der Waals surface area contributed by atoms with Crippen LogP contribution >= 0.6 is 15.9 Å². The van der Waals surface area contributed by atoms with Crippen molar-refractivity contribution < 1.29 is 23.8 Å². The second-order valence-corrected chi connectivity index (χ2v) is 9.39. The van der Waals surface area contributed by atoms with Crippen LogP contribution in [-0.2, 0) is 19.1 Å². The van der Waals surface area contributed by atoms with Crippen LogP contribution in [0.2, 0.25) is 0 Å². The molecule has 0 radical (unpaired) electrons. The summed E-state index contributed by atoms with van der Waals surface area (Å²) in [4.78, 5) is 26.7. The predicted octanol–water partition coefficient (Wildman–Crippen LogP) is 5.01. The largest absolute Gasteiger partial charge is 0.497 e. The summed E-state index contributed by atoms with van der Waals surface area (Å²) in [5, 5.41) is 3.38. The van der Waals surface area contributed by atoms with Gasteiger partial charge < -0.3 is 19.5 Å². The molecule has 1 heterocycles. The van der Waals surface area contributed by atoms with Gasteiger partial charge >= 0.3 is 5.97 Å². The Bertz CT molecular complexity index is 1130. The van der Waals surface area contributed by atoms with Crippen molar-refractivity contribution in [2.24, 2.45) is 0 Å². The van der Waals surface area contributed by atoms with Gasteiger partial charge in [-0.25, -0.2) is 4.79 Å². The lowest BCUT2D eigenvalue weighted by molar-refractivity contribution is -0.140. The summed E-state index contributed by atoms with van der Waals surface area (Å²) in [6.45, 7) is 2.33. The van der Waals surface area contributed by atoms with E-state index in [0.717, 1.165) is 27.0 Å². The molecule has 7 heteroatoms. The number of dihydropyridines is 1. The van der Waals surface area contributed by atoms with Gasteiger partial charge in [0.05, 0.1) is 19.3 Å². The van der Waals surface area contributed by atoms with E-state index >= 15 is 0 Å². The standard InChI is InChI=1S/C27H28BrNO5/c1-16-24(27(31)34-13-12-32-2)25(18-4-8-20(28)9-5-18)26-22(29-16)14-19(15-23(26)30)17-6-10-21(33-3)11-7-17/h4-11,19,25,29H,12-15H2,1-3H3/t19-,25+/m1/s1. The first-order chi connectivity index (χ1) is 16.4. The number of ether oxygens (including phenoxy) is 3. The maximum Gasteiger partial charge on any atom is 0.336 e. The highest BCUT2D eigenvalue weighted by molar-refractivity contribution is 9.10. The molecular weight excluding hydrogens is 498 g/mol. The van der Waals surface area contributed by atoms with Crippen molar-refractivity contribution >= 4 is 27.7 Å². The number of hydrogen-bond acceptors (Lipinski definition) is 6. The van der Waals surface area contributed by atoms with Crippen molar-refractivity contribution in [3.63, 3.8) is 0 Å². The SMILES string of the molecule is COCCOC(=O)C1=C(C)NC2=C(C(=O)C[C@H](c3ccc(OC)cc3)C2)[C@H]1c1ccc(Br)cc1. The van der Waals surface area contributed by atoms with Crippen molar-refractivity contribution in [2.75, 3.05) is 27.4 Å². The summed E-state index contributed by atoms with van der Waals surface area (Å²) >= 11 is 3.47. The number of carbonyl (C=O) groups is 2. The average molecular weight is 526 g/mol. The molecule has 2 aromatic carbocycles. The Morgan fingerprint density at radius 1 is 1.00 bits per heavy atom. The fourth-order valence-corrected chi connectivity index (χ4v) is 4.97. The molecule has 1 aliphatic heterocycles. The molecule has 2 atom stereocenters. The number of Topliss-reactive ketones (excluding diaryl/α,β-unsaturated/α-hetero) is 1. The van der Waals surface area contributed by atoms with E-state index in [1.54, 1.807) is 14.2 Å². The third-order valence-electron chi connectivity index (χ3n) is 6.36. The molecule has 0 spiro atoms. The highest BCUT2D eigenvalue weighted by Gasteiger charge is 2.41. The van der Waals surface area contributed by atoms with Gasteiger partial charge in [0.25, 0.3) is 0 Å². The van der Waals surface area contributed by atoms with Crippen LogP contribution in [0.3, 0.4) is 0 Å². The van der Waals surface area contributed by atoms with E-state index in [4.69, 9.17) is 14.2 Å². The normalized spacial score (nSPS) is 20.1. The van der Waals surface area contributed by atoms with Crippen LogP contribution in [0, 0.1) is 0 Å². The third kappa shape index (κ3) is 4.95. The van der Waals surface area contributed by atoms with Crippen molar-refractivity contribution in [3.05, 3.63) is 86.7 Å². The zero-order valence-corrected chi connectivity index (χ0v) is 21.1. The molecule has 0 bridgehead atoms. The van der Waals surface area contributed by atoms with Crippen LogP contribution in [0.1, 0.15) is 42.7 Å². The molecule has 0 fully saturated rings. The highest BCUT2D eigenvalue weighted by atomic mass is 79.9. The van der Waals surface area contributed by atoms with Gasteiger partial charge in [0.15, 0.2) is 5.78 Å². The van der Waals surface area contributed by atoms with Gasteiger partial charge in [-0.1, -0.05) is 40.2 Å². The van der Waals surface area contributed by atoms with Gasteiger partial charge in [0.2, 0.25) is 0 Å². The Balaban J connectivity index is 1.72. The zero-order valence-electron chi connectivity index (χ0n) is 19.5. The van der Waals surface area contributed by atoms with E-state index in [9.17, 15) is 9.59 Å².